The van der Waals surface area contributed by atoms with E-state index in [1.54, 1.807) is 20.8 Å². The number of alkyl carbamates (subject to hydrolysis) is 1. The van der Waals surface area contributed by atoms with E-state index in [0.29, 0.717) is 5.92 Å². The molecule has 0 aliphatic heterocycles. The number of halogens is 1. The Hall–Kier alpha value is -0.490. The van der Waals surface area contributed by atoms with E-state index in [0.717, 1.165) is 25.7 Å². The lowest BCUT2D eigenvalue weighted by atomic mass is 9.81. The number of hydrogen-bond acceptors (Lipinski definition) is 4. The predicted octanol–water partition coefficient (Wildman–Crippen LogP) is 3.28. The van der Waals surface area contributed by atoms with Gasteiger partial charge in [-0.25, -0.2) is 13.2 Å². The van der Waals surface area contributed by atoms with Crippen LogP contribution in [0.4, 0.5) is 4.79 Å². The summed E-state index contributed by atoms with van der Waals surface area (Å²) in [5.74, 6) is 0.0391. The van der Waals surface area contributed by atoms with Gasteiger partial charge in [-0.1, -0.05) is 32.1 Å². The van der Waals surface area contributed by atoms with Crippen LogP contribution in [0.15, 0.2) is 0 Å². The number of carbonyl (C=O) groups excluding carboxylic acids is 1. The highest BCUT2D eigenvalue weighted by Crippen LogP contribution is 2.31. The third-order valence-corrected chi connectivity index (χ3v) is 4.84. The van der Waals surface area contributed by atoms with Crippen molar-refractivity contribution < 1.29 is 17.9 Å². The lowest BCUT2D eigenvalue weighted by molar-refractivity contribution is 0.0512. The highest BCUT2D eigenvalue weighted by atomic mass is 35.7. The number of amides is 1. The van der Waals surface area contributed by atoms with Crippen molar-refractivity contribution in [3.05, 3.63) is 0 Å². The van der Waals surface area contributed by atoms with E-state index in [1.165, 1.54) is 6.42 Å². The maximum atomic E-state index is 11.7. The largest absolute Gasteiger partial charge is 0.444 e. The molecule has 21 heavy (non-hydrogen) atoms. The number of carbonyl (C=O) groups is 1. The molecule has 0 spiro atoms. The summed E-state index contributed by atoms with van der Waals surface area (Å²) in [7, 11) is 1.82. The van der Waals surface area contributed by atoms with Crippen LogP contribution in [-0.2, 0) is 13.8 Å². The zero-order valence-corrected chi connectivity index (χ0v) is 14.6. The SMILES string of the molecule is CC(C)(C)OC(=O)NCC(CS(=O)(=O)Cl)C1CCCCC1. The number of hydrogen-bond donors (Lipinski definition) is 1. The Morgan fingerprint density at radius 1 is 1.29 bits per heavy atom. The van der Waals surface area contributed by atoms with Crippen LogP contribution in [0.1, 0.15) is 52.9 Å². The molecule has 0 heterocycles. The Bertz CT molecular complexity index is 438. The lowest BCUT2D eigenvalue weighted by Crippen LogP contribution is -2.39. The Labute approximate surface area is 132 Å². The number of rotatable bonds is 5. The van der Waals surface area contributed by atoms with Crippen molar-refractivity contribution >= 4 is 25.8 Å². The van der Waals surface area contributed by atoms with Crippen molar-refractivity contribution in [1.29, 1.82) is 0 Å². The van der Waals surface area contributed by atoms with Crippen LogP contribution < -0.4 is 5.32 Å². The topological polar surface area (TPSA) is 72.5 Å². The van der Waals surface area contributed by atoms with Gasteiger partial charge in [0.05, 0.1) is 5.75 Å². The fourth-order valence-corrected chi connectivity index (χ4v) is 4.14. The molecule has 1 fully saturated rings. The number of ether oxygens (including phenoxy) is 1. The summed E-state index contributed by atoms with van der Waals surface area (Å²) in [5, 5.41) is 2.67. The standard InChI is InChI=1S/C14H26ClNO4S/c1-14(2,3)20-13(17)16-9-12(10-21(15,18)19)11-7-5-4-6-8-11/h11-12H,4-10H2,1-3H3,(H,16,17). The molecule has 7 heteroatoms. The molecule has 0 aromatic heterocycles. The zero-order valence-electron chi connectivity index (χ0n) is 13.0. The first kappa shape index (κ1) is 18.6. The Morgan fingerprint density at radius 2 is 1.86 bits per heavy atom. The van der Waals surface area contributed by atoms with E-state index in [9.17, 15) is 13.2 Å². The minimum atomic E-state index is -3.58. The van der Waals surface area contributed by atoms with Crippen molar-refractivity contribution in [2.75, 3.05) is 12.3 Å². The van der Waals surface area contributed by atoms with Crippen molar-refractivity contribution in [3.8, 4) is 0 Å². The molecule has 124 valence electrons. The molecule has 1 unspecified atom stereocenters. The summed E-state index contributed by atoms with van der Waals surface area (Å²) >= 11 is 0. The summed E-state index contributed by atoms with van der Waals surface area (Å²) < 4.78 is 27.9. The van der Waals surface area contributed by atoms with Crippen molar-refractivity contribution in [3.63, 3.8) is 0 Å². The van der Waals surface area contributed by atoms with Crippen LogP contribution in [0, 0.1) is 11.8 Å². The van der Waals surface area contributed by atoms with Gasteiger partial charge in [-0.2, -0.15) is 0 Å². The van der Waals surface area contributed by atoms with Gasteiger partial charge in [-0.15, -0.1) is 0 Å². The number of nitrogens with one attached hydrogen (secondary N) is 1. The molecule has 0 saturated heterocycles. The van der Waals surface area contributed by atoms with Gasteiger partial charge in [-0.3, -0.25) is 0 Å². The van der Waals surface area contributed by atoms with Gasteiger partial charge >= 0.3 is 6.09 Å². The second-order valence-corrected chi connectivity index (χ2v) is 9.57. The first-order valence-electron chi connectivity index (χ1n) is 7.46. The molecule has 0 radical (unpaired) electrons. The van der Waals surface area contributed by atoms with Crippen LogP contribution in [-0.4, -0.2) is 32.4 Å². The molecule has 0 aromatic rings. The monoisotopic (exact) mass is 339 g/mol. The first-order chi connectivity index (χ1) is 9.57. The highest BCUT2D eigenvalue weighted by molar-refractivity contribution is 8.13. The summed E-state index contributed by atoms with van der Waals surface area (Å²) in [4.78, 5) is 11.7. The highest BCUT2D eigenvalue weighted by Gasteiger charge is 2.28. The second kappa shape index (κ2) is 7.68. The average molecular weight is 340 g/mol. The van der Waals surface area contributed by atoms with Crippen molar-refractivity contribution in [1.82, 2.24) is 5.32 Å². The summed E-state index contributed by atoms with van der Waals surface area (Å²) in [6.07, 6.45) is 4.87. The van der Waals surface area contributed by atoms with Gasteiger partial charge < -0.3 is 10.1 Å². The Balaban J connectivity index is 2.58. The maximum absolute atomic E-state index is 11.7. The molecule has 5 nitrogen and oxygen atoms in total. The fourth-order valence-electron chi connectivity index (χ4n) is 2.75. The molecule has 0 aromatic carbocycles. The molecule has 1 aliphatic carbocycles. The molecular weight excluding hydrogens is 314 g/mol. The van der Waals surface area contributed by atoms with Gasteiger partial charge in [0.1, 0.15) is 5.60 Å². The van der Waals surface area contributed by atoms with Crippen LogP contribution in [0.5, 0.6) is 0 Å². The summed E-state index contributed by atoms with van der Waals surface area (Å²) in [6, 6.07) is 0. The predicted molar refractivity (Wildman–Crippen MR) is 83.9 cm³/mol. The third kappa shape index (κ3) is 8.51. The van der Waals surface area contributed by atoms with E-state index in [-0.39, 0.29) is 18.2 Å². The van der Waals surface area contributed by atoms with Gasteiger partial charge in [-0.05, 0) is 32.6 Å². The molecular formula is C14H26ClNO4S. The van der Waals surface area contributed by atoms with E-state index >= 15 is 0 Å². The average Bonchev–Trinajstić information content (AvgIpc) is 2.32. The lowest BCUT2D eigenvalue weighted by Gasteiger charge is -2.30. The Morgan fingerprint density at radius 3 is 2.33 bits per heavy atom. The minimum absolute atomic E-state index is 0.102. The van der Waals surface area contributed by atoms with Gasteiger partial charge in [0, 0.05) is 17.2 Å². The van der Waals surface area contributed by atoms with Crippen molar-refractivity contribution in [2.24, 2.45) is 11.8 Å². The van der Waals surface area contributed by atoms with Crippen LogP contribution >= 0.6 is 10.7 Å². The van der Waals surface area contributed by atoms with E-state index in [2.05, 4.69) is 5.32 Å². The maximum Gasteiger partial charge on any atom is 0.407 e. The molecule has 1 amide bonds. The second-order valence-electron chi connectivity index (χ2n) is 6.75. The van der Waals surface area contributed by atoms with Crippen LogP contribution in [0.3, 0.4) is 0 Å². The summed E-state index contributed by atoms with van der Waals surface area (Å²) in [6.45, 7) is 5.64. The van der Waals surface area contributed by atoms with Gasteiger partial charge in [0.15, 0.2) is 0 Å². The van der Waals surface area contributed by atoms with Gasteiger partial charge in [0.25, 0.3) is 0 Å². The molecule has 0 bridgehead atoms. The van der Waals surface area contributed by atoms with E-state index in [4.69, 9.17) is 15.4 Å². The van der Waals surface area contributed by atoms with E-state index in [1.807, 2.05) is 0 Å². The Kier molecular flexibility index (Phi) is 6.78. The van der Waals surface area contributed by atoms with Crippen LogP contribution in [0.2, 0.25) is 0 Å². The molecule has 1 aliphatic rings. The molecule has 1 saturated carbocycles. The molecule has 1 N–H and O–H groups in total. The zero-order chi connectivity index (χ0) is 16.1. The third-order valence-electron chi connectivity index (χ3n) is 3.64. The minimum Gasteiger partial charge on any atom is -0.444 e. The normalized spacial score (nSPS) is 19.0. The van der Waals surface area contributed by atoms with Crippen LogP contribution in [0.25, 0.3) is 0 Å². The quantitative estimate of drug-likeness (QED) is 0.780. The van der Waals surface area contributed by atoms with E-state index < -0.39 is 20.7 Å². The van der Waals surface area contributed by atoms with Gasteiger partial charge in [0.2, 0.25) is 9.05 Å². The molecule has 1 rings (SSSR count). The fraction of sp³-hybridized carbons (Fsp3) is 0.929. The van der Waals surface area contributed by atoms with Crippen molar-refractivity contribution in [2.45, 2.75) is 58.5 Å². The first-order valence-corrected chi connectivity index (χ1v) is 9.94. The summed E-state index contributed by atoms with van der Waals surface area (Å²) in [5.41, 5.74) is -0.566. The smallest absolute Gasteiger partial charge is 0.407 e. The molecule has 1 atom stereocenters.